The van der Waals surface area contributed by atoms with E-state index >= 15 is 0 Å². The molecule has 8 nitrogen and oxygen atoms in total. The molecular weight excluding hydrogens is 521 g/mol. The Bertz CT molecular complexity index is 1200. The zero-order valence-electron chi connectivity index (χ0n) is 20.5. The number of benzene rings is 2. The molecule has 11 heteroatoms. The number of hydrogen-bond acceptors (Lipinski definition) is 6. The second kappa shape index (κ2) is 13.0. The Kier molecular flexibility index (Phi) is 10.0. The van der Waals surface area contributed by atoms with Gasteiger partial charge in [-0.15, -0.1) is 10.2 Å². The number of carbonyl (C=O) groups excluding carboxylic acids is 2. The molecule has 0 aliphatic carbocycles. The Balaban J connectivity index is 1.68. The fourth-order valence-electron chi connectivity index (χ4n) is 3.48. The van der Waals surface area contributed by atoms with E-state index in [0.29, 0.717) is 40.4 Å². The lowest BCUT2D eigenvalue weighted by Gasteiger charge is -2.22. The quantitative estimate of drug-likeness (QED) is 0.290. The third-order valence-corrected chi connectivity index (χ3v) is 6.76. The Morgan fingerprint density at radius 3 is 2.42 bits per heavy atom. The minimum absolute atomic E-state index is 0.0235. The summed E-state index contributed by atoms with van der Waals surface area (Å²) < 4.78 is 7.33. The summed E-state index contributed by atoms with van der Waals surface area (Å²) >= 11 is 13.5. The molecule has 0 bridgehead atoms. The van der Waals surface area contributed by atoms with Crippen LogP contribution >= 0.6 is 35.0 Å². The van der Waals surface area contributed by atoms with Gasteiger partial charge in [-0.25, -0.2) is 0 Å². The van der Waals surface area contributed by atoms with Crippen molar-refractivity contribution in [1.29, 1.82) is 0 Å². The summed E-state index contributed by atoms with van der Waals surface area (Å²) in [5.41, 5.74) is 1.01. The van der Waals surface area contributed by atoms with Crippen molar-refractivity contribution in [2.75, 3.05) is 17.7 Å². The van der Waals surface area contributed by atoms with Gasteiger partial charge in [0.05, 0.1) is 29.0 Å². The molecule has 2 N–H and O–H groups in total. The summed E-state index contributed by atoms with van der Waals surface area (Å²) in [6, 6.07) is 11.5. The van der Waals surface area contributed by atoms with Gasteiger partial charge in [-0.1, -0.05) is 48.8 Å². The third kappa shape index (κ3) is 7.15. The molecule has 0 saturated carbocycles. The van der Waals surface area contributed by atoms with Gasteiger partial charge in [-0.3, -0.25) is 9.59 Å². The number of hydrogen-bond donors (Lipinski definition) is 2. The van der Waals surface area contributed by atoms with E-state index in [-0.39, 0.29) is 28.5 Å². The van der Waals surface area contributed by atoms with Crippen LogP contribution in [0.3, 0.4) is 0 Å². The molecule has 0 radical (unpaired) electrons. The van der Waals surface area contributed by atoms with Crippen LogP contribution in [0.4, 0.5) is 5.69 Å². The monoisotopic (exact) mass is 549 g/mol. The van der Waals surface area contributed by atoms with Crippen molar-refractivity contribution in [1.82, 2.24) is 20.1 Å². The van der Waals surface area contributed by atoms with Crippen LogP contribution in [0.1, 0.15) is 49.9 Å². The molecule has 3 aromatic rings. The van der Waals surface area contributed by atoms with E-state index < -0.39 is 6.04 Å². The standard InChI is InChI=1S/C25H29Cl2N5O3S/c1-5-32-23(22(15(3)4)29-24(34)19-12-7-16(26)13-20(19)27)30-31-25(32)36-14-21(33)28-17-8-10-18(11-9-17)35-6-2/h7-13,15,22H,5-6,14H2,1-4H3,(H,28,33)(H,29,34)/t22-/m1/s1. The summed E-state index contributed by atoms with van der Waals surface area (Å²) in [6.45, 7) is 9.01. The van der Waals surface area contributed by atoms with Gasteiger partial charge in [0, 0.05) is 17.3 Å². The smallest absolute Gasteiger partial charge is 0.253 e. The lowest BCUT2D eigenvalue weighted by atomic mass is 10.0. The molecule has 0 spiro atoms. The Labute approximate surface area is 225 Å². The number of aromatic nitrogens is 3. The molecule has 1 atom stereocenters. The van der Waals surface area contributed by atoms with Crippen LogP contribution in [0.25, 0.3) is 0 Å². The highest BCUT2D eigenvalue weighted by Gasteiger charge is 2.27. The van der Waals surface area contributed by atoms with E-state index in [0.717, 1.165) is 5.75 Å². The summed E-state index contributed by atoms with van der Waals surface area (Å²) in [7, 11) is 0. The predicted molar refractivity (Wildman–Crippen MR) is 144 cm³/mol. The minimum atomic E-state index is -0.413. The predicted octanol–water partition coefficient (Wildman–Crippen LogP) is 5.86. The molecule has 192 valence electrons. The van der Waals surface area contributed by atoms with Gasteiger partial charge in [-0.2, -0.15) is 0 Å². The highest BCUT2D eigenvalue weighted by Crippen LogP contribution is 2.27. The minimum Gasteiger partial charge on any atom is -0.494 e. The zero-order chi connectivity index (χ0) is 26.2. The molecule has 1 aromatic heterocycles. The summed E-state index contributed by atoms with van der Waals surface area (Å²) in [5.74, 6) is 1.05. The number of ether oxygens (including phenoxy) is 1. The number of anilines is 1. The van der Waals surface area contributed by atoms with Crippen molar-refractivity contribution in [3.8, 4) is 5.75 Å². The van der Waals surface area contributed by atoms with Gasteiger partial charge < -0.3 is 19.9 Å². The molecule has 1 heterocycles. The van der Waals surface area contributed by atoms with Gasteiger partial charge in [0.15, 0.2) is 11.0 Å². The lowest BCUT2D eigenvalue weighted by molar-refractivity contribution is -0.113. The fraction of sp³-hybridized carbons (Fsp3) is 0.360. The second-order valence-electron chi connectivity index (χ2n) is 8.20. The highest BCUT2D eigenvalue weighted by atomic mass is 35.5. The average molecular weight is 551 g/mol. The van der Waals surface area contributed by atoms with Gasteiger partial charge in [0.25, 0.3) is 5.91 Å². The van der Waals surface area contributed by atoms with Crippen LogP contribution in [0.5, 0.6) is 5.75 Å². The first-order valence-electron chi connectivity index (χ1n) is 11.6. The Hall–Kier alpha value is -2.75. The first-order valence-corrected chi connectivity index (χ1v) is 13.3. The molecule has 0 fully saturated rings. The van der Waals surface area contributed by atoms with E-state index in [4.69, 9.17) is 27.9 Å². The Morgan fingerprint density at radius 1 is 1.08 bits per heavy atom. The molecule has 0 aliphatic rings. The van der Waals surface area contributed by atoms with E-state index in [1.807, 2.05) is 44.4 Å². The number of rotatable bonds is 11. The van der Waals surface area contributed by atoms with E-state index in [9.17, 15) is 9.59 Å². The number of halogens is 2. The molecular formula is C25H29Cl2N5O3S. The lowest BCUT2D eigenvalue weighted by Crippen LogP contribution is -2.34. The summed E-state index contributed by atoms with van der Waals surface area (Å²) in [4.78, 5) is 25.5. The number of thioether (sulfide) groups is 1. The zero-order valence-corrected chi connectivity index (χ0v) is 22.9. The van der Waals surface area contributed by atoms with Crippen LogP contribution in [-0.2, 0) is 11.3 Å². The van der Waals surface area contributed by atoms with Crippen molar-refractivity contribution in [2.24, 2.45) is 5.92 Å². The first-order chi connectivity index (χ1) is 17.2. The van der Waals surface area contributed by atoms with Crippen molar-refractivity contribution in [3.63, 3.8) is 0 Å². The van der Waals surface area contributed by atoms with Crippen molar-refractivity contribution < 1.29 is 14.3 Å². The van der Waals surface area contributed by atoms with E-state index in [1.54, 1.807) is 24.3 Å². The molecule has 36 heavy (non-hydrogen) atoms. The number of amides is 2. The molecule has 2 aromatic carbocycles. The van der Waals surface area contributed by atoms with Crippen LogP contribution in [0.15, 0.2) is 47.6 Å². The van der Waals surface area contributed by atoms with Crippen molar-refractivity contribution in [2.45, 2.75) is 45.4 Å². The number of nitrogens with one attached hydrogen (secondary N) is 2. The van der Waals surface area contributed by atoms with Gasteiger partial charge in [0.2, 0.25) is 5.91 Å². The Morgan fingerprint density at radius 2 is 1.81 bits per heavy atom. The summed E-state index contributed by atoms with van der Waals surface area (Å²) in [6.07, 6.45) is 0. The molecule has 0 unspecified atom stereocenters. The highest BCUT2D eigenvalue weighted by molar-refractivity contribution is 7.99. The van der Waals surface area contributed by atoms with Crippen LogP contribution in [0.2, 0.25) is 10.0 Å². The normalized spacial score (nSPS) is 11.9. The van der Waals surface area contributed by atoms with Crippen LogP contribution < -0.4 is 15.4 Å². The van der Waals surface area contributed by atoms with E-state index in [2.05, 4.69) is 20.8 Å². The van der Waals surface area contributed by atoms with Gasteiger partial charge in [0.1, 0.15) is 5.75 Å². The second-order valence-corrected chi connectivity index (χ2v) is 9.98. The number of nitrogens with zero attached hydrogens (tertiary/aromatic N) is 3. The molecule has 0 aliphatic heterocycles. The molecule has 0 saturated heterocycles. The average Bonchev–Trinajstić information content (AvgIpc) is 3.24. The van der Waals surface area contributed by atoms with Crippen molar-refractivity contribution in [3.05, 3.63) is 63.9 Å². The summed E-state index contributed by atoms with van der Waals surface area (Å²) in [5, 5.41) is 15.9. The van der Waals surface area contributed by atoms with E-state index in [1.165, 1.54) is 17.8 Å². The third-order valence-electron chi connectivity index (χ3n) is 5.25. The SMILES string of the molecule is CCOc1ccc(NC(=O)CSc2nnc([C@H](NC(=O)c3ccc(Cl)cc3Cl)C(C)C)n2CC)cc1. The number of carbonyl (C=O) groups is 2. The maximum Gasteiger partial charge on any atom is 0.253 e. The van der Waals surface area contributed by atoms with Crippen LogP contribution in [0, 0.1) is 5.92 Å². The molecule has 2 amide bonds. The largest absolute Gasteiger partial charge is 0.494 e. The van der Waals surface area contributed by atoms with Crippen molar-refractivity contribution >= 4 is 52.5 Å². The maximum absolute atomic E-state index is 13.0. The van der Waals surface area contributed by atoms with Crippen LogP contribution in [-0.4, -0.2) is 38.9 Å². The van der Waals surface area contributed by atoms with Gasteiger partial charge >= 0.3 is 0 Å². The van der Waals surface area contributed by atoms with Gasteiger partial charge in [-0.05, 0) is 62.2 Å². The molecule has 3 rings (SSSR count). The fourth-order valence-corrected chi connectivity index (χ4v) is 4.79. The maximum atomic E-state index is 13.0. The topological polar surface area (TPSA) is 98.1 Å². The first kappa shape index (κ1) is 27.8.